The van der Waals surface area contributed by atoms with Crippen molar-refractivity contribution in [2.24, 2.45) is 0 Å². The fourth-order valence-electron chi connectivity index (χ4n) is 2.65. The number of hydrogen-bond acceptors (Lipinski definition) is 5. The third kappa shape index (κ3) is 5.42. The second kappa shape index (κ2) is 9.85. The Balaban J connectivity index is 1.67. The molecule has 0 aliphatic rings. The monoisotopic (exact) mass is 401 g/mol. The number of amides is 1. The Bertz CT molecular complexity index is 1120. The van der Waals surface area contributed by atoms with E-state index in [2.05, 4.69) is 27.1 Å². The third-order valence-corrected chi connectivity index (χ3v) is 4.24. The average Bonchev–Trinajstić information content (AvgIpc) is 2.78. The molecular formula is C23H19N3O4. The molecule has 7 nitrogen and oxygen atoms in total. The molecular weight excluding hydrogens is 382 g/mol. The number of nitrogens with zero attached hydrogens (tertiary/aromatic N) is 2. The van der Waals surface area contributed by atoms with E-state index in [0.717, 1.165) is 11.1 Å². The number of aromatic carboxylic acids is 1. The van der Waals surface area contributed by atoms with Gasteiger partial charge in [0.05, 0.1) is 23.8 Å². The topological polar surface area (TPSA) is 101 Å². The Morgan fingerprint density at radius 3 is 2.63 bits per heavy atom. The van der Waals surface area contributed by atoms with Crippen LogP contribution in [0.3, 0.4) is 0 Å². The van der Waals surface area contributed by atoms with Gasteiger partial charge in [0.25, 0.3) is 5.91 Å². The number of rotatable bonds is 6. The summed E-state index contributed by atoms with van der Waals surface area (Å²) in [5.41, 5.74) is 2.89. The average molecular weight is 401 g/mol. The summed E-state index contributed by atoms with van der Waals surface area (Å²) in [5, 5.41) is 11.8. The van der Waals surface area contributed by atoms with E-state index < -0.39 is 5.97 Å². The summed E-state index contributed by atoms with van der Waals surface area (Å²) in [6, 6.07) is 11.6. The van der Waals surface area contributed by atoms with Gasteiger partial charge in [0.1, 0.15) is 0 Å². The molecule has 3 rings (SSSR count). The first kappa shape index (κ1) is 20.6. The van der Waals surface area contributed by atoms with Crippen LogP contribution in [0.4, 0.5) is 0 Å². The molecule has 30 heavy (non-hydrogen) atoms. The van der Waals surface area contributed by atoms with Crippen molar-refractivity contribution in [3.05, 3.63) is 88.9 Å². The minimum atomic E-state index is -0.990. The van der Waals surface area contributed by atoms with Crippen LogP contribution in [0.25, 0.3) is 0 Å². The highest BCUT2D eigenvalue weighted by Crippen LogP contribution is 2.10. The summed E-state index contributed by atoms with van der Waals surface area (Å²) in [4.78, 5) is 31.6. The Morgan fingerprint density at radius 1 is 1.10 bits per heavy atom. The molecule has 150 valence electrons. The number of carbonyl (C=O) groups is 2. The molecule has 0 aliphatic heterocycles. The molecule has 1 aromatic carbocycles. The highest BCUT2D eigenvalue weighted by molar-refractivity contribution is 5.96. The number of carboxylic acids is 1. The molecule has 0 spiro atoms. The van der Waals surface area contributed by atoms with Crippen molar-refractivity contribution in [1.82, 2.24) is 15.3 Å². The van der Waals surface area contributed by atoms with Crippen LogP contribution in [0.1, 0.15) is 37.4 Å². The Hall–Kier alpha value is -4.18. The summed E-state index contributed by atoms with van der Waals surface area (Å²) >= 11 is 0. The van der Waals surface area contributed by atoms with Crippen molar-refractivity contribution < 1.29 is 19.4 Å². The van der Waals surface area contributed by atoms with Gasteiger partial charge in [-0.25, -0.2) is 9.78 Å². The van der Waals surface area contributed by atoms with Crippen molar-refractivity contribution in [3.63, 3.8) is 0 Å². The van der Waals surface area contributed by atoms with E-state index in [0.29, 0.717) is 23.4 Å². The van der Waals surface area contributed by atoms with E-state index >= 15 is 0 Å². The van der Waals surface area contributed by atoms with Gasteiger partial charge in [-0.05, 0) is 35.4 Å². The van der Waals surface area contributed by atoms with Crippen molar-refractivity contribution in [2.75, 3.05) is 7.11 Å². The molecule has 0 saturated heterocycles. The van der Waals surface area contributed by atoms with Crippen LogP contribution < -0.4 is 10.1 Å². The minimum Gasteiger partial charge on any atom is -0.481 e. The predicted octanol–water partition coefficient (Wildman–Crippen LogP) is 2.71. The van der Waals surface area contributed by atoms with Gasteiger partial charge >= 0.3 is 5.97 Å². The van der Waals surface area contributed by atoms with E-state index in [9.17, 15) is 9.59 Å². The lowest BCUT2D eigenvalue weighted by Crippen LogP contribution is -2.23. The number of benzene rings is 1. The van der Waals surface area contributed by atoms with Crippen molar-refractivity contribution in [2.45, 2.75) is 13.0 Å². The maximum atomic E-state index is 12.6. The summed E-state index contributed by atoms with van der Waals surface area (Å²) < 4.78 is 5.10. The van der Waals surface area contributed by atoms with Crippen LogP contribution in [0.15, 0.2) is 61.1 Å². The minimum absolute atomic E-state index is 0.198. The fourth-order valence-corrected chi connectivity index (χ4v) is 2.65. The maximum absolute atomic E-state index is 12.6. The summed E-state index contributed by atoms with van der Waals surface area (Å²) in [6.45, 7) is 0.269. The van der Waals surface area contributed by atoms with Crippen LogP contribution >= 0.6 is 0 Å². The van der Waals surface area contributed by atoms with Crippen LogP contribution in [0.2, 0.25) is 0 Å². The molecule has 2 N–H and O–H groups in total. The molecule has 0 aliphatic carbocycles. The zero-order chi connectivity index (χ0) is 21.3. The third-order valence-electron chi connectivity index (χ3n) is 4.24. The second-order valence-electron chi connectivity index (χ2n) is 6.29. The van der Waals surface area contributed by atoms with Crippen LogP contribution in [-0.2, 0) is 13.0 Å². The SMILES string of the molecule is COc1cc(CC#Cc2cnccc2C(=O)NCc2ccc(C(=O)O)cc2)ccn1. The van der Waals surface area contributed by atoms with Gasteiger partial charge in [-0.2, -0.15) is 0 Å². The largest absolute Gasteiger partial charge is 0.481 e. The highest BCUT2D eigenvalue weighted by atomic mass is 16.5. The molecule has 0 radical (unpaired) electrons. The molecule has 0 bridgehead atoms. The highest BCUT2D eigenvalue weighted by Gasteiger charge is 2.10. The van der Waals surface area contributed by atoms with Crippen molar-refractivity contribution >= 4 is 11.9 Å². The standard InChI is InChI=1S/C23H19N3O4/c1-30-21-13-16(9-12-25-21)3-2-4-19-15-24-11-10-20(19)22(27)26-14-17-5-7-18(8-6-17)23(28)29/h5-13,15H,3,14H2,1H3,(H,26,27)(H,28,29). The molecule has 3 aromatic rings. The Labute approximate surface area is 173 Å². The number of nitrogens with one attached hydrogen (secondary N) is 1. The van der Waals surface area contributed by atoms with E-state index in [1.54, 1.807) is 43.8 Å². The maximum Gasteiger partial charge on any atom is 0.335 e. The molecule has 0 fully saturated rings. The smallest absolute Gasteiger partial charge is 0.335 e. The molecule has 0 saturated carbocycles. The van der Waals surface area contributed by atoms with Gasteiger partial charge in [-0.15, -0.1) is 0 Å². The van der Waals surface area contributed by atoms with Gasteiger partial charge in [0.2, 0.25) is 5.88 Å². The van der Waals surface area contributed by atoms with Gasteiger partial charge in [-0.1, -0.05) is 24.0 Å². The number of carboxylic acid groups (broad SMARTS) is 1. The quantitative estimate of drug-likeness (QED) is 0.616. The zero-order valence-electron chi connectivity index (χ0n) is 16.3. The van der Waals surface area contributed by atoms with Gasteiger partial charge in [-0.3, -0.25) is 9.78 Å². The zero-order valence-corrected chi connectivity index (χ0v) is 16.3. The lowest BCUT2D eigenvalue weighted by Gasteiger charge is -2.07. The first-order valence-electron chi connectivity index (χ1n) is 9.09. The van der Waals surface area contributed by atoms with Crippen LogP contribution in [0.5, 0.6) is 5.88 Å². The summed E-state index contributed by atoms with van der Waals surface area (Å²) in [6.07, 6.45) is 5.22. The predicted molar refractivity (Wildman–Crippen MR) is 110 cm³/mol. The normalized spacial score (nSPS) is 9.90. The molecule has 1 amide bonds. The number of pyridine rings is 2. The molecule has 0 unspecified atom stereocenters. The first-order chi connectivity index (χ1) is 14.6. The van der Waals surface area contributed by atoms with Gasteiger partial charge in [0, 0.05) is 37.6 Å². The number of methoxy groups -OCH3 is 1. The number of ether oxygens (including phenoxy) is 1. The van der Waals surface area contributed by atoms with Gasteiger partial charge < -0.3 is 15.2 Å². The number of aromatic nitrogens is 2. The molecule has 0 atom stereocenters. The Kier molecular flexibility index (Phi) is 6.74. The van der Waals surface area contributed by atoms with Gasteiger partial charge in [0.15, 0.2) is 0 Å². The number of carbonyl (C=O) groups excluding carboxylic acids is 1. The lowest BCUT2D eigenvalue weighted by atomic mass is 10.1. The molecule has 2 heterocycles. The lowest BCUT2D eigenvalue weighted by molar-refractivity contribution is 0.0696. The second-order valence-corrected chi connectivity index (χ2v) is 6.29. The van der Waals surface area contributed by atoms with Crippen molar-refractivity contribution in [1.29, 1.82) is 0 Å². The summed E-state index contributed by atoms with van der Waals surface area (Å²) in [7, 11) is 1.55. The molecule has 2 aromatic heterocycles. The number of hydrogen-bond donors (Lipinski definition) is 2. The van der Waals surface area contributed by atoms with E-state index in [-0.39, 0.29) is 18.0 Å². The Morgan fingerprint density at radius 2 is 1.90 bits per heavy atom. The van der Waals surface area contributed by atoms with E-state index in [4.69, 9.17) is 9.84 Å². The van der Waals surface area contributed by atoms with Crippen LogP contribution in [0, 0.1) is 11.8 Å². The summed E-state index contributed by atoms with van der Waals surface area (Å²) in [5.74, 6) is 5.29. The molecule has 7 heteroatoms. The first-order valence-corrected chi connectivity index (χ1v) is 9.09. The fraction of sp³-hybridized carbons (Fsp3) is 0.130. The van der Waals surface area contributed by atoms with E-state index in [1.165, 1.54) is 18.3 Å². The van der Waals surface area contributed by atoms with E-state index in [1.807, 2.05) is 6.07 Å². The van der Waals surface area contributed by atoms with Crippen molar-refractivity contribution in [3.8, 4) is 17.7 Å². The van der Waals surface area contributed by atoms with Crippen LogP contribution in [-0.4, -0.2) is 34.1 Å².